The summed E-state index contributed by atoms with van der Waals surface area (Å²) in [7, 11) is -3.55. The largest absolute Gasteiger partial charge is 0.347 e. The summed E-state index contributed by atoms with van der Waals surface area (Å²) in [6.07, 6.45) is 0.712. The first-order valence-corrected chi connectivity index (χ1v) is 8.06. The van der Waals surface area contributed by atoms with Gasteiger partial charge in [-0.25, -0.2) is 13.1 Å². The molecule has 0 heterocycles. The van der Waals surface area contributed by atoms with Crippen molar-refractivity contribution >= 4 is 15.9 Å². The smallest absolute Gasteiger partial charge is 0.251 e. The zero-order valence-electron chi connectivity index (χ0n) is 12.4. The van der Waals surface area contributed by atoms with Crippen molar-refractivity contribution in [3.8, 4) is 0 Å². The fraction of sp³-hybridized carbons (Fsp3) is 0.500. The number of nitrogens with one attached hydrogen (secondary N) is 2. The summed E-state index contributed by atoms with van der Waals surface area (Å²) in [6, 6.07) is 6.03. The van der Waals surface area contributed by atoms with Crippen molar-refractivity contribution in [3.63, 3.8) is 0 Å². The van der Waals surface area contributed by atoms with Gasteiger partial charge in [-0.2, -0.15) is 0 Å². The number of benzene rings is 1. The summed E-state index contributed by atoms with van der Waals surface area (Å²) in [5.41, 5.74) is -0.0359. The minimum Gasteiger partial charge on any atom is -0.347 e. The van der Waals surface area contributed by atoms with Crippen LogP contribution in [0.5, 0.6) is 0 Å². The first-order chi connectivity index (χ1) is 9.15. The quantitative estimate of drug-likeness (QED) is 0.872. The van der Waals surface area contributed by atoms with Gasteiger partial charge in [-0.05, 0) is 45.4 Å². The predicted octanol–water partition coefficient (Wildman–Crippen LogP) is 1.90. The first-order valence-electron chi connectivity index (χ1n) is 6.58. The predicted molar refractivity (Wildman–Crippen MR) is 79.1 cm³/mol. The van der Waals surface area contributed by atoms with Gasteiger partial charge < -0.3 is 5.32 Å². The van der Waals surface area contributed by atoms with E-state index in [0.717, 1.165) is 0 Å². The maximum Gasteiger partial charge on any atom is 0.251 e. The molecule has 0 radical (unpaired) electrons. The van der Waals surface area contributed by atoms with Gasteiger partial charge in [0.25, 0.3) is 5.91 Å². The molecule has 2 N–H and O–H groups in total. The van der Waals surface area contributed by atoms with Crippen molar-refractivity contribution in [3.05, 3.63) is 29.8 Å². The van der Waals surface area contributed by atoms with Crippen molar-refractivity contribution in [2.45, 2.75) is 44.6 Å². The van der Waals surface area contributed by atoms with Gasteiger partial charge in [-0.15, -0.1) is 0 Å². The molecular weight excluding hydrogens is 276 g/mol. The van der Waals surface area contributed by atoms with Crippen molar-refractivity contribution < 1.29 is 13.2 Å². The summed E-state index contributed by atoms with van der Waals surface area (Å²) < 4.78 is 26.5. The van der Waals surface area contributed by atoms with Gasteiger partial charge in [0.2, 0.25) is 10.0 Å². The fourth-order valence-electron chi connectivity index (χ4n) is 1.54. The van der Waals surface area contributed by atoms with Crippen LogP contribution in [0.2, 0.25) is 0 Å². The Morgan fingerprint density at radius 2 is 1.90 bits per heavy atom. The molecule has 0 aliphatic heterocycles. The van der Waals surface area contributed by atoms with Crippen molar-refractivity contribution in [1.82, 2.24) is 10.0 Å². The maximum absolute atomic E-state index is 12.0. The summed E-state index contributed by atoms with van der Waals surface area (Å²) in [5, 5.41) is 2.80. The Bertz CT molecular complexity index is 574. The number of carbonyl (C=O) groups is 1. The van der Waals surface area contributed by atoms with E-state index in [1.807, 2.05) is 27.7 Å². The van der Waals surface area contributed by atoms with Gasteiger partial charge in [-0.3, -0.25) is 4.79 Å². The molecule has 20 heavy (non-hydrogen) atoms. The molecule has 5 nitrogen and oxygen atoms in total. The highest BCUT2D eigenvalue weighted by atomic mass is 32.2. The molecule has 0 unspecified atom stereocenters. The molecule has 0 spiro atoms. The summed E-state index contributed by atoms with van der Waals surface area (Å²) in [4.78, 5) is 12.1. The second-order valence-electron chi connectivity index (χ2n) is 5.63. The zero-order valence-corrected chi connectivity index (χ0v) is 13.2. The molecule has 0 aromatic heterocycles. The van der Waals surface area contributed by atoms with Crippen LogP contribution in [0.1, 0.15) is 44.5 Å². The van der Waals surface area contributed by atoms with E-state index in [1.54, 1.807) is 12.1 Å². The van der Waals surface area contributed by atoms with Gasteiger partial charge >= 0.3 is 0 Å². The lowest BCUT2D eigenvalue weighted by Gasteiger charge is -2.20. The Hall–Kier alpha value is -1.40. The van der Waals surface area contributed by atoms with Crippen molar-refractivity contribution in [2.75, 3.05) is 6.54 Å². The van der Waals surface area contributed by atoms with E-state index in [4.69, 9.17) is 0 Å². The maximum atomic E-state index is 12.0. The fourth-order valence-corrected chi connectivity index (χ4v) is 2.72. The molecule has 0 aliphatic rings. The summed E-state index contributed by atoms with van der Waals surface area (Å²) >= 11 is 0. The van der Waals surface area contributed by atoms with Crippen LogP contribution in [0.3, 0.4) is 0 Å². The number of hydrogen-bond acceptors (Lipinski definition) is 3. The normalized spacial score (nSPS) is 12.2. The molecule has 0 saturated heterocycles. The third-order valence-corrected chi connectivity index (χ3v) is 3.90. The minimum atomic E-state index is -3.55. The average molecular weight is 298 g/mol. The van der Waals surface area contributed by atoms with Gasteiger partial charge in [0.05, 0.1) is 4.90 Å². The molecule has 0 atom stereocenters. The molecule has 0 bridgehead atoms. The van der Waals surface area contributed by atoms with Crippen LogP contribution in [-0.2, 0) is 10.0 Å². The van der Waals surface area contributed by atoms with Gasteiger partial charge in [0.15, 0.2) is 0 Å². The Morgan fingerprint density at radius 1 is 1.25 bits per heavy atom. The molecule has 1 aromatic rings. The lowest BCUT2D eigenvalue weighted by molar-refractivity contribution is 0.0919. The summed E-state index contributed by atoms with van der Waals surface area (Å²) in [6.45, 7) is 7.87. The van der Waals surface area contributed by atoms with Crippen LogP contribution >= 0.6 is 0 Å². The number of amides is 1. The lowest BCUT2D eigenvalue weighted by atomic mass is 10.1. The second kappa shape index (κ2) is 6.37. The molecule has 6 heteroatoms. The Labute approximate surface area is 120 Å². The Kier molecular flexibility index (Phi) is 5.30. The first kappa shape index (κ1) is 16.7. The topological polar surface area (TPSA) is 75.3 Å². The molecule has 1 aromatic carbocycles. The van der Waals surface area contributed by atoms with Crippen molar-refractivity contribution in [2.24, 2.45) is 0 Å². The van der Waals surface area contributed by atoms with Crippen LogP contribution < -0.4 is 10.0 Å². The van der Waals surface area contributed by atoms with Crippen LogP contribution in [0.15, 0.2) is 29.2 Å². The molecular formula is C14H22N2O3S. The third kappa shape index (κ3) is 4.94. The third-order valence-electron chi connectivity index (χ3n) is 2.44. The molecule has 0 aliphatic carbocycles. The van der Waals surface area contributed by atoms with E-state index in [1.165, 1.54) is 12.1 Å². The lowest BCUT2D eigenvalue weighted by Crippen LogP contribution is -2.40. The highest BCUT2D eigenvalue weighted by Gasteiger charge is 2.18. The molecule has 0 saturated carbocycles. The SMILES string of the molecule is CCCNS(=O)(=O)c1cccc(C(=O)NC(C)(C)C)c1. The van der Waals surface area contributed by atoms with Crippen LogP contribution in [0.4, 0.5) is 0 Å². The van der Waals surface area contributed by atoms with Gasteiger partial charge in [0.1, 0.15) is 0 Å². The second-order valence-corrected chi connectivity index (χ2v) is 7.40. The number of rotatable bonds is 5. The standard InChI is InChI=1S/C14H22N2O3S/c1-5-9-15-20(18,19)12-8-6-7-11(10-12)13(17)16-14(2,3)4/h6-8,10,15H,5,9H2,1-4H3,(H,16,17). The van der Waals surface area contributed by atoms with Crippen LogP contribution in [-0.4, -0.2) is 26.4 Å². The number of carbonyl (C=O) groups excluding carboxylic acids is 1. The van der Waals surface area contributed by atoms with E-state index in [9.17, 15) is 13.2 Å². The molecule has 0 fully saturated rings. The summed E-state index contributed by atoms with van der Waals surface area (Å²) in [5.74, 6) is -0.287. The van der Waals surface area contributed by atoms with E-state index in [2.05, 4.69) is 10.0 Å². The highest BCUT2D eigenvalue weighted by molar-refractivity contribution is 7.89. The minimum absolute atomic E-state index is 0.104. The van der Waals surface area contributed by atoms with E-state index >= 15 is 0 Å². The Morgan fingerprint density at radius 3 is 2.45 bits per heavy atom. The Balaban J connectivity index is 2.99. The van der Waals surface area contributed by atoms with Crippen molar-refractivity contribution in [1.29, 1.82) is 0 Å². The molecule has 112 valence electrons. The van der Waals surface area contributed by atoms with E-state index in [0.29, 0.717) is 18.5 Å². The average Bonchev–Trinajstić information content (AvgIpc) is 2.34. The van der Waals surface area contributed by atoms with Gasteiger partial charge in [-0.1, -0.05) is 13.0 Å². The van der Waals surface area contributed by atoms with Gasteiger partial charge in [0, 0.05) is 17.6 Å². The van der Waals surface area contributed by atoms with E-state index in [-0.39, 0.29) is 16.3 Å². The monoisotopic (exact) mass is 298 g/mol. The molecule has 1 rings (SSSR count). The molecule has 1 amide bonds. The van der Waals surface area contributed by atoms with Crippen LogP contribution in [0, 0.1) is 0 Å². The van der Waals surface area contributed by atoms with E-state index < -0.39 is 10.0 Å². The zero-order chi connectivity index (χ0) is 15.4. The number of sulfonamides is 1. The number of hydrogen-bond donors (Lipinski definition) is 2. The van der Waals surface area contributed by atoms with Crippen LogP contribution in [0.25, 0.3) is 0 Å². The highest BCUT2D eigenvalue weighted by Crippen LogP contribution is 2.12.